The second kappa shape index (κ2) is 6.11. The van der Waals surface area contributed by atoms with Crippen molar-refractivity contribution >= 4 is 5.91 Å². The number of rotatable bonds is 4. The lowest BCUT2D eigenvalue weighted by Crippen LogP contribution is -2.43. The van der Waals surface area contributed by atoms with Crippen LogP contribution < -0.4 is 5.73 Å². The first kappa shape index (κ1) is 12.5. The van der Waals surface area contributed by atoms with Crippen molar-refractivity contribution in [2.24, 2.45) is 11.7 Å². The molecule has 15 heavy (non-hydrogen) atoms. The van der Waals surface area contributed by atoms with E-state index in [1.165, 1.54) is 6.42 Å². The van der Waals surface area contributed by atoms with Gasteiger partial charge >= 0.3 is 0 Å². The maximum absolute atomic E-state index is 11.9. The number of hydrogen-bond donors (Lipinski definition) is 1. The molecule has 3 nitrogen and oxygen atoms in total. The predicted molar refractivity (Wildman–Crippen MR) is 62.5 cm³/mol. The summed E-state index contributed by atoms with van der Waals surface area (Å²) in [6.45, 7) is 5.93. The molecule has 1 unspecified atom stereocenters. The minimum absolute atomic E-state index is 0.333. The fraction of sp³-hybridized carbons (Fsp3) is 0.917. The molecule has 1 fully saturated rings. The summed E-state index contributed by atoms with van der Waals surface area (Å²) in [6, 6.07) is 0.437. The van der Waals surface area contributed by atoms with Crippen LogP contribution in [-0.2, 0) is 4.79 Å². The third-order valence-electron chi connectivity index (χ3n) is 3.23. The first-order chi connectivity index (χ1) is 7.16. The Bertz CT molecular complexity index is 204. The van der Waals surface area contributed by atoms with Crippen LogP contribution in [-0.4, -0.2) is 29.9 Å². The van der Waals surface area contributed by atoms with Crippen molar-refractivity contribution in [1.82, 2.24) is 4.90 Å². The minimum Gasteiger partial charge on any atom is -0.339 e. The topological polar surface area (TPSA) is 46.3 Å². The van der Waals surface area contributed by atoms with Crippen molar-refractivity contribution in [2.75, 3.05) is 13.1 Å². The normalized spacial score (nSPS) is 23.3. The van der Waals surface area contributed by atoms with Gasteiger partial charge in [-0.2, -0.15) is 0 Å². The number of carbonyl (C=O) groups excluding carboxylic acids is 1. The molecule has 0 saturated carbocycles. The predicted octanol–water partition coefficient (Wildman–Crippen LogP) is 1.76. The van der Waals surface area contributed by atoms with Gasteiger partial charge in [0.1, 0.15) is 0 Å². The molecule has 0 radical (unpaired) electrons. The quantitative estimate of drug-likeness (QED) is 0.772. The third kappa shape index (κ3) is 3.49. The van der Waals surface area contributed by atoms with E-state index in [-0.39, 0.29) is 0 Å². The van der Waals surface area contributed by atoms with Crippen LogP contribution in [0.1, 0.15) is 46.0 Å². The molecule has 2 N–H and O–H groups in total. The van der Waals surface area contributed by atoms with Gasteiger partial charge in [-0.3, -0.25) is 4.79 Å². The van der Waals surface area contributed by atoms with Gasteiger partial charge in [-0.15, -0.1) is 0 Å². The Balaban J connectivity index is 2.65. The molecular formula is C12H24N2O. The standard InChI is InChI=1S/C12H24N2O/c1-10(2)11-6-3-4-7-12(15)14(11)9-5-8-13/h10-11H,3-9,13H2,1-2H3. The number of hydrogen-bond acceptors (Lipinski definition) is 2. The van der Waals surface area contributed by atoms with Gasteiger partial charge in [-0.25, -0.2) is 0 Å². The van der Waals surface area contributed by atoms with E-state index in [0.717, 1.165) is 32.2 Å². The number of amides is 1. The lowest BCUT2D eigenvalue weighted by Gasteiger charge is -2.33. The first-order valence-electron chi connectivity index (χ1n) is 6.16. The van der Waals surface area contributed by atoms with E-state index in [1.807, 2.05) is 0 Å². The van der Waals surface area contributed by atoms with E-state index < -0.39 is 0 Å². The summed E-state index contributed by atoms with van der Waals surface area (Å²) < 4.78 is 0. The van der Waals surface area contributed by atoms with Crippen LogP contribution in [0.15, 0.2) is 0 Å². The number of carbonyl (C=O) groups is 1. The lowest BCUT2D eigenvalue weighted by atomic mass is 9.98. The van der Waals surface area contributed by atoms with E-state index in [0.29, 0.717) is 24.4 Å². The van der Waals surface area contributed by atoms with Gasteiger partial charge in [-0.1, -0.05) is 20.3 Å². The molecule has 3 heteroatoms. The molecule has 1 atom stereocenters. The highest BCUT2D eigenvalue weighted by Crippen LogP contribution is 2.23. The molecule has 1 amide bonds. The summed E-state index contributed by atoms with van der Waals surface area (Å²) in [5, 5.41) is 0. The van der Waals surface area contributed by atoms with Crippen molar-refractivity contribution in [1.29, 1.82) is 0 Å². The SMILES string of the molecule is CC(C)C1CCCCC(=O)N1CCCN. The van der Waals surface area contributed by atoms with E-state index in [9.17, 15) is 4.79 Å². The van der Waals surface area contributed by atoms with E-state index >= 15 is 0 Å². The van der Waals surface area contributed by atoms with Crippen LogP contribution in [0.4, 0.5) is 0 Å². The smallest absolute Gasteiger partial charge is 0.222 e. The highest BCUT2D eigenvalue weighted by atomic mass is 16.2. The Morgan fingerprint density at radius 2 is 2.20 bits per heavy atom. The van der Waals surface area contributed by atoms with Crippen molar-refractivity contribution in [3.63, 3.8) is 0 Å². The molecule has 88 valence electrons. The summed E-state index contributed by atoms with van der Waals surface area (Å²) in [4.78, 5) is 14.0. The molecule has 0 aromatic rings. The van der Waals surface area contributed by atoms with Crippen molar-refractivity contribution in [3.8, 4) is 0 Å². The summed E-state index contributed by atoms with van der Waals surface area (Å²) in [5.41, 5.74) is 5.51. The highest BCUT2D eigenvalue weighted by molar-refractivity contribution is 5.76. The average molecular weight is 212 g/mol. The van der Waals surface area contributed by atoms with Gasteiger partial charge in [0.05, 0.1) is 0 Å². The Morgan fingerprint density at radius 1 is 1.47 bits per heavy atom. The third-order valence-corrected chi connectivity index (χ3v) is 3.23. The van der Waals surface area contributed by atoms with Crippen molar-refractivity contribution < 1.29 is 4.79 Å². The molecule has 1 aliphatic rings. The second-order valence-corrected chi connectivity index (χ2v) is 4.79. The van der Waals surface area contributed by atoms with E-state index in [4.69, 9.17) is 5.73 Å². The zero-order valence-corrected chi connectivity index (χ0v) is 10.0. The van der Waals surface area contributed by atoms with Crippen LogP contribution in [0.25, 0.3) is 0 Å². The monoisotopic (exact) mass is 212 g/mol. The number of likely N-dealkylation sites (tertiary alicyclic amines) is 1. The maximum atomic E-state index is 11.9. The van der Waals surface area contributed by atoms with Gasteiger partial charge in [0.2, 0.25) is 5.91 Å². The lowest BCUT2D eigenvalue weighted by molar-refractivity contribution is -0.133. The fourth-order valence-electron chi connectivity index (χ4n) is 2.36. The molecule has 0 aliphatic carbocycles. The molecule has 1 saturated heterocycles. The van der Waals surface area contributed by atoms with Gasteiger partial charge in [0.25, 0.3) is 0 Å². The minimum atomic E-state index is 0.333. The Morgan fingerprint density at radius 3 is 2.80 bits per heavy atom. The number of nitrogens with two attached hydrogens (primary N) is 1. The Kier molecular flexibility index (Phi) is 5.09. The Hall–Kier alpha value is -0.570. The first-order valence-corrected chi connectivity index (χ1v) is 6.16. The molecule has 1 rings (SSSR count). The van der Waals surface area contributed by atoms with Gasteiger partial charge in [0, 0.05) is 19.0 Å². The van der Waals surface area contributed by atoms with E-state index in [2.05, 4.69) is 18.7 Å². The summed E-state index contributed by atoms with van der Waals surface area (Å²) in [7, 11) is 0. The molecule has 0 aromatic carbocycles. The molecule has 0 bridgehead atoms. The average Bonchev–Trinajstić information content (AvgIpc) is 2.37. The van der Waals surface area contributed by atoms with Crippen molar-refractivity contribution in [3.05, 3.63) is 0 Å². The molecule has 0 spiro atoms. The summed E-state index contributed by atoms with van der Waals surface area (Å²) >= 11 is 0. The molecule has 1 heterocycles. The Labute approximate surface area is 93.0 Å². The van der Waals surface area contributed by atoms with Gasteiger partial charge in [0.15, 0.2) is 0 Å². The van der Waals surface area contributed by atoms with Crippen LogP contribution in [0.3, 0.4) is 0 Å². The molecule has 1 aliphatic heterocycles. The number of nitrogens with zero attached hydrogens (tertiary/aromatic N) is 1. The zero-order chi connectivity index (χ0) is 11.3. The van der Waals surface area contributed by atoms with Crippen molar-refractivity contribution in [2.45, 2.75) is 52.0 Å². The van der Waals surface area contributed by atoms with Gasteiger partial charge < -0.3 is 10.6 Å². The fourth-order valence-corrected chi connectivity index (χ4v) is 2.36. The maximum Gasteiger partial charge on any atom is 0.222 e. The van der Waals surface area contributed by atoms with Crippen LogP contribution in [0, 0.1) is 5.92 Å². The largest absolute Gasteiger partial charge is 0.339 e. The van der Waals surface area contributed by atoms with Crippen LogP contribution in [0.5, 0.6) is 0 Å². The van der Waals surface area contributed by atoms with Gasteiger partial charge in [-0.05, 0) is 31.7 Å². The van der Waals surface area contributed by atoms with Crippen LogP contribution >= 0.6 is 0 Å². The summed E-state index contributed by atoms with van der Waals surface area (Å²) in [6.07, 6.45) is 5.06. The summed E-state index contributed by atoms with van der Waals surface area (Å²) in [5.74, 6) is 0.893. The second-order valence-electron chi connectivity index (χ2n) is 4.79. The molecule has 0 aromatic heterocycles. The highest BCUT2D eigenvalue weighted by Gasteiger charge is 2.27. The van der Waals surface area contributed by atoms with E-state index in [1.54, 1.807) is 0 Å². The zero-order valence-electron chi connectivity index (χ0n) is 10.0. The van der Waals surface area contributed by atoms with Crippen LogP contribution in [0.2, 0.25) is 0 Å². The molecular weight excluding hydrogens is 188 g/mol.